The van der Waals surface area contributed by atoms with Crippen LogP contribution in [0.5, 0.6) is 11.5 Å². The van der Waals surface area contributed by atoms with Crippen molar-refractivity contribution >= 4 is 22.5 Å². The van der Waals surface area contributed by atoms with E-state index in [0.29, 0.717) is 0 Å². The average molecular weight is 420 g/mol. The highest BCUT2D eigenvalue weighted by Gasteiger charge is 2.19. The van der Waals surface area contributed by atoms with Gasteiger partial charge in [-0.3, -0.25) is 0 Å². The molecule has 4 rings (SSSR count). The fourth-order valence-corrected chi connectivity index (χ4v) is 4.49. The lowest BCUT2D eigenvalue weighted by Crippen LogP contribution is -2.12. The summed E-state index contributed by atoms with van der Waals surface area (Å²) in [6.07, 6.45) is -0.210. The molecule has 0 bridgehead atoms. The van der Waals surface area contributed by atoms with Crippen molar-refractivity contribution in [3.63, 3.8) is 0 Å². The van der Waals surface area contributed by atoms with E-state index < -0.39 is 0 Å². The van der Waals surface area contributed by atoms with Gasteiger partial charge in [0.1, 0.15) is 11.5 Å². The van der Waals surface area contributed by atoms with Gasteiger partial charge in [-0.1, -0.05) is 54.2 Å². The molecule has 0 N–H and O–H groups in total. The van der Waals surface area contributed by atoms with Gasteiger partial charge in [-0.25, -0.2) is 0 Å². The summed E-state index contributed by atoms with van der Waals surface area (Å²) in [5.74, 6) is 3.25. The van der Waals surface area contributed by atoms with Crippen LogP contribution in [0.15, 0.2) is 71.9 Å². The van der Waals surface area contributed by atoms with Gasteiger partial charge in [0, 0.05) is 12.3 Å². The summed E-state index contributed by atoms with van der Waals surface area (Å²) >= 11 is 1.71. The van der Waals surface area contributed by atoms with Crippen LogP contribution in [0, 0.1) is 0 Å². The zero-order valence-corrected chi connectivity index (χ0v) is 18.2. The predicted molar refractivity (Wildman–Crippen MR) is 121 cm³/mol. The Morgan fingerprint density at radius 1 is 0.933 bits per heavy atom. The third kappa shape index (κ3) is 4.28. The van der Waals surface area contributed by atoms with E-state index in [9.17, 15) is 0 Å². The lowest BCUT2D eigenvalue weighted by atomic mass is 10.1. The second-order valence-corrected chi connectivity index (χ2v) is 7.89. The number of hydrogen-bond donors (Lipinski definition) is 0. The molecule has 1 atom stereocenters. The van der Waals surface area contributed by atoms with Gasteiger partial charge in [-0.15, -0.1) is 10.2 Å². The molecule has 4 aromatic rings. The largest absolute Gasteiger partial charge is 0.497 e. The van der Waals surface area contributed by atoms with Crippen LogP contribution in [0.4, 0.5) is 0 Å². The third-order valence-corrected chi connectivity index (χ3v) is 6.05. The van der Waals surface area contributed by atoms with Gasteiger partial charge >= 0.3 is 0 Å². The topological polar surface area (TPSA) is 49.2 Å². The van der Waals surface area contributed by atoms with Crippen molar-refractivity contribution in [2.75, 3.05) is 7.11 Å². The Kier molecular flexibility index (Phi) is 6.23. The van der Waals surface area contributed by atoms with E-state index in [1.807, 2.05) is 31.2 Å². The number of aromatic nitrogens is 3. The van der Waals surface area contributed by atoms with Gasteiger partial charge in [-0.2, -0.15) is 0 Å². The zero-order chi connectivity index (χ0) is 20.9. The first kappa shape index (κ1) is 20.3. The lowest BCUT2D eigenvalue weighted by Gasteiger charge is -2.16. The van der Waals surface area contributed by atoms with E-state index in [1.54, 1.807) is 18.9 Å². The zero-order valence-electron chi connectivity index (χ0n) is 17.4. The van der Waals surface area contributed by atoms with Crippen molar-refractivity contribution in [3.05, 3.63) is 78.1 Å². The van der Waals surface area contributed by atoms with Crippen LogP contribution in [0.25, 0.3) is 10.8 Å². The van der Waals surface area contributed by atoms with Gasteiger partial charge in [0.05, 0.1) is 7.11 Å². The SMILES string of the molecule is CCn1c(SCc2cccc3ccccc23)nnc1C(C)Oc1ccc(OC)cc1. The molecule has 0 amide bonds. The van der Waals surface area contributed by atoms with Crippen molar-refractivity contribution in [1.29, 1.82) is 0 Å². The molecule has 1 heterocycles. The van der Waals surface area contributed by atoms with Crippen LogP contribution < -0.4 is 9.47 Å². The summed E-state index contributed by atoms with van der Waals surface area (Å²) in [6.45, 7) is 4.89. The third-order valence-electron chi connectivity index (χ3n) is 5.03. The standard InChI is InChI=1S/C24H25N3O2S/c1-4-27-23(17(2)29-21-14-12-20(28-3)13-15-21)25-26-24(27)30-16-19-10-7-9-18-8-5-6-11-22(18)19/h5-15,17H,4,16H2,1-3H3. The van der Waals surface area contributed by atoms with E-state index in [4.69, 9.17) is 9.47 Å². The fourth-order valence-electron chi connectivity index (χ4n) is 3.48. The second kappa shape index (κ2) is 9.22. The Bertz CT molecular complexity index is 1120. The van der Waals surface area contributed by atoms with Gasteiger partial charge in [-0.05, 0) is 54.4 Å². The molecule has 1 aromatic heterocycles. The first-order valence-corrected chi connectivity index (χ1v) is 11.0. The molecule has 30 heavy (non-hydrogen) atoms. The number of fused-ring (bicyclic) bond motifs is 1. The first-order valence-electron chi connectivity index (χ1n) is 10.0. The van der Waals surface area contributed by atoms with Crippen LogP contribution >= 0.6 is 11.8 Å². The van der Waals surface area contributed by atoms with Crippen molar-refractivity contribution in [2.24, 2.45) is 0 Å². The highest BCUT2D eigenvalue weighted by Crippen LogP contribution is 2.29. The van der Waals surface area contributed by atoms with Gasteiger partial charge < -0.3 is 14.0 Å². The Balaban J connectivity index is 1.50. The van der Waals surface area contributed by atoms with Gasteiger partial charge in [0.2, 0.25) is 0 Å². The van der Waals surface area contributed by atoms with E-state index >= 15 is 0 Å². The molecule has 0 spiro atoms. The molecule has 0 radical (unpaired) electrons. The van der Waals surface area contributed by atoms with E-state index in [0.717, 1.165) is 34.8 Å². The first-order chi connectivity index (χ1) is 14.7. The molecule has 0 saturated heterocycles. The van der Waals surface area contributed by atoms with Crippen LogP contribution in [-0.4, -0.2) is 21.9 Å². The maximum atomic E-state index is 6.09. The highest BCUT2D eigenvalue weighted by atomic mass is 32.2. The number of methoxy groups -OCH3 is 1. The molecule has 0 aliphatic heterocycles. The normalized spacial score (nSPS) is 12.1. The van der Waals surface area contributed by atoms with Crippen molar-refractivity contribution in [2.45, 2.75) is 37.4 Å². The molecule has 0 aliphatic rings. The molecule has 6 heteroatoms. The van der Waals surface area contributed by atoms with Crippen LogP contribution in [0.1, 0.15) is 31.3 Å². The quantitative estimate of drug-likeness (QED) is 0.333. The summed E-state index contributed by atoms with van der Waals surface area (Å²) in [5.41, 5.74) is 1.30. The maximum absolute atomic E-state index is 6.09. The molecular weight excluding hydrogens is 394 g/mol. The monoisotopic (exact) mass is 419 g/mol. The van der Waals surface area contributed by atoms with E-state index in [1.165, 1.54) is 16.3 Å². The van der Waals surface area contributed by atoms with Crippen LogP contribution in [0.2, 0.25) is 0 Å². The number of ether oxygens (including phenoxy) is 2. The second-order valence-electron chi connectivity index (χ2n) is 6.95. The molecule has 5 nitrogen and oxygen atoms in total. The minimum Gasteiger partial charge on any atom is -0.497 e. The van der Waals surface area contributed by atoms with Gasteiger partial charge in [0.15, 0.2) is 17.1 Å². The number of thioether (sulfide) groups is 1. The fraction of sp³-hybridized carbons (Fsp3) is 0.250. The van der Waals surface area contributed by atoms with E-state index in [-0.39, 0.29) is 6.10 Å². The maximum Gasteiger partial charge on any atom is 0.191 e. The van der Waals surface area contributed by atoms with Crippen molar-refractivity contribution < 1.29 is 9.47 Å². The van der Waals surface area contributed by atoms with E-state index in [2.05, 4.69) is 64.2 Å². The summed E-state index contributed by atoms with van der Waals surface area (Å²) < 4.78 is 13.4. The van der Waals surface area contributed by atoms with Crippen LogP contribution in [-0.2, 0) is 12.3 Å². The Labute approximate surface area is 181 Å². The lowest BCUT2D eigenvalue weighted by molar-refractivity contribution is 0.209. The molecule has 1 unspecified atom stereocenters. The minimum absolute atomic E-state index is 0.210. The summed E-state index contributed by atoms with van der Waals surface area (Å²) in [7, 11) is 1.65. The predicted octanol–water partition coefficient (Wildman–Crippen LogP) is 5.89. The Hall–Kier alpha value is -2.99. The highest BCUT2D eigenvalue weighted by molar-refractivity contribution is 7.98. The molecule has 0 aliphatic carbocycles. The van der Waals surface area contributed by atoms with Gasteiger partial charge in [0.25, 0.3) is 0 Å². The molecule has 3 aromatic carbocycles. The molecule has 154 valence electrons. The van der Waals surface area contributed by atoms with Crippen molar-refractivity contribution in [1.82, 2.24) is 14.8 Å². The smallest absolute Gasteiger partial charge is 0.191 e. The van der Waals surface area contributed by atoms with Crippen molar-refractivity contribution in [3.8, 4) is 11.5 Å². The Morgan fingerprint density at radius 2 is 1.67 bits per heavy atom. The number of hydrogen-bond acceptors (Lipinski definition) is 5. The average Bonchev–Trinajstić information content (AvgIpc) is 3.21. The summed E-state index contributed by atoms with van der Waals surface area (Å²) in [6, 6.07) is 22.5. The summed E-state index contributed by atoms with van der Waals surface area (Å²) in [5, 5.41) is 12.3. The number of nitrogens with zero attached hydrogens (tertiary/aromatic N) is 3. The summed E-state index contributed by atoms with van der Waals surface area (Å²) in [4.78, 5) is 0. The van der Waals surface area contributed by atoms with Crippen LogP contribution in [0.3, 0.4) is 0 Å². The number of rotatable bonds is 8. The molecule has 0 fully saturated rings. The minimum atomic E-state index is -0.210. The number of benzene rings is 3. The molecule has 0 saturated carbocycles. The Morgan fingerprint density at radius 3 is 2.43 bits per heavy atom. The molecular formula is C24H25N3O2S.